The van der Waals surface area contributed by atoms with E-state index in [1.54, 1.807) is 94.6 Å². The first-order chi connectivity index (χ1) is 70.3. The molecule has 6 aliphatic carbocycles. The maximum absolute atomic E-state index is 13.6. The Morgan fingerprint density at radius 3 is 1.17 bits per heavy atom. The molecule has 7 aromatic rings. The number of amides is 3. The van der Waals surface area contributed by atoms with E-state index in [1.165, 1.54) is 39.5 Å². The summed E-state index contributed by atoms with van der Waals surface area (Å²) >= 11 is 19.3. The van der Waals surface area contributed by atoms with E-state index in [4.69, 9.17) is 58.5 Å². The van der Waals surface area contributed by atoms with Crippen molar-refractivity contribution in [2.75, 3.05) is 133 Å². The van der Waals surface area contributed by atoms with E-state index in [-0.39, 0.29) is 105 Å². The molecular formula is C112H141Cl3N10O19S3. The van der Waals surface area contributed by atoms with Gasteiger partial charge >= 0.3 is 0 Å². The Morgan fingerprint density at radius 2 is 0.823 bits per heavy atom. The number of halogens is 3. The predicted octanol–water partition coefficient (Wildman–Crippen LogP) is 14.3. The van der Waals surface area contributed by atoms with Crippen LogP contribution in [0.4, 0.5) is 17.1 Å². The molecule has 0 unspecified atom stereocenters. The summed E-state index contributed by atoms with van der Waals surface area (Å²) in [6.07, 6.45) is 32.0. The molecule has 20 atom stereocenters. The third-order valence-electron chi connectivity index (χ3n) is 35.7. The molecule has 2 saturated heterocycles. The van der Waals surface area contributed by atoms with Crippen LogP contribution < -0.4 is 43.1 Å². The Morgan fingerprint density at radius 1 is 0.463 bits per heavy atom. The van der Waals surface area contributed by atoms with Crippen molar-refractivity contribution >= 4 is 106 Å². The highest BCUT2D eigenvalue weighted by molar-refractivity contribution is 7.91. The van der Waals surface area contributed by atoms with E-state index < -0.39 is 80.3 Å². The second-order valence-corrected chi connectivity index (χ2v) is 52.3. The summed E-state index contributed by atoms with van der Waals surface area (Å²) in [5.74, 6) is -1.12. The van der Waals surface area contributed by atoms with Gasteiger partial charge in [-0.05, 0) is 314 Å². The molecule has 6 bridgehead atoms. The van der Waals surface area contributed by atoms with E-state index in [9.17, 15) is 64.9 Å². The van der Waals surface area contributed by atoms with Gasteiger partial charge in [0.1, 0.15) is 22.8 Å². The number of aliphatic hydroxyl groups is 4. The number of aryl methyl sites for hydroxylation is 3. The van der Waals surface area contributed by atoms with Gasteiger partial charge in [-0.15, -0.1) is 0 Å². The number of benzene rings is 6. The van der Waals surface area contributed by atoms with E-state index in [0.717, 1.165) is 106 Å². The number of morpholine rings is 2. The van der Waals surface area contributed by atoms with Gasteiger partial charge in [0.25, 0.3) is 17.7 Å². The number of hydrogen-bond donors (Lipinski definition) is 7. The molecule has 0 radical (unpaired) electrons. The normalized spacial score (nSPS) is 34.3. The molecule has 147 heavy (non-hydrogen) atoms. The number of imidazole rings is 1. The summed E-state index contributed by atoms with van der Waals surface area (Å²) in [4.78, 5) is 68.5. The van der Waals surface area contributed by atoms with Crippen molar-refractivity contribution in [3.05, 3.63) is 230 Å². The number of carbonyl (C=O) groups excluding carboxylic acids is 4. The summed E-state index contributed by atoms with van der Waals surface area (Å²) in [5.41, 5.74) is 5.31. The van der Waals surface area contributed by atoms with Crippen LogP contribution in [0.3, 0.4) is 0 Å². The van der Waals surface area contributed by atoms with Gasteiger partial charge in [-0.1, -0.05) is 104 Å². The highest BCUT2D eigenvalue weighted by atomic mass is 35.5. The van der Waals surface area contributed by atoms with Gasteiger partial charge in [0.2, 0.25) is 30.1 Å². The second kappa shape index (κ2) is 43.3. The zero-order chi connectivity index (χ0) is 103. The smallest absolute Gasteiger partial charge is 0.264 e. The fourth-order valence-corrected chi connectivity index (χ4v) is 30.4. The number of aldehydes is 1. The molecule has 9 heterocycles. The fraction of sp³-hybridized carbons (Fsp3) is 0.562. The van der Waals surface area contributed by atoms with E-state index in [1.807, 2.05) is 74.9 Å². The van der Waals surface area contributed by atoms with Crippen LogP contribution in [-0.4, -0.2) is 252 Å². The van der Waals surface area contributed by atoms with Gasteiger partial charge in [0.15, 0.2) is 6.29 Å². The average Bonchev–Trinajstić information content (AvgIpc) is 1.65. The summed E-state index contributed by atoms with van der Waals surface area (Å²) < 4.78 is 121. The number of carbonyl (C=O) groups is 4. The maximum Gasteiger partial charge on any atom is 0.264 e. The number of aromatic nitrogens is 2. The van der Waals surface area contributed by atoms with Gasteiger partial charge in [0.05, 0.1) is 115 Å². The lowest BCUT2D eigenvalue weighted by atomic mass is 9.63. The minimum atomic E-state index is -4.01. The summed E-state index contributed by atoms with van der Waals surface area (Å²) in [5, 5.41) is 46.8. The first kappa shape index (κ1) is 106. The number of allylic oxidation sites excluding steroid dienone is 3. The molecule has 14 aliphatic rings. The number of hydrogen-bond acceptors (Lipinski definition) is 25. The van der Waals surface area contributed by atoms with Crippen molar-refractivity contribution in [2.24, 2.45) is 53.3 Å². The molecule has 5 fully saturated rings. The van der Waals surface area contributed by atoms with Crippen molar-refractivity contribution in [2.45, 2.75) is 225 Å². The number of fused-ring (bicyclic) bond motifs is 12. The van der Waals surface area contributed by atoms with E-state index >= 15 is 0 Å². The minimum absolute atomic E-state index is 0.0262. The lowest BCUT2D eigenvalue weighted by Gasteiger charge is -2.51. The van der Waals surface area contributed by atoms with Gasteiger partial charge in [0, 0.05) is 138 Å². The molecule has 7 N–H and O–H groups in total. The Kier molecular flexibility index (Phi) is 31.3. The molecule has 29 nitrogen and oxygen atoms in total. The van der Waals surface area contributed by atoms with Gasteiger partial charge in [-0.3, -0.25) is 29.0 Å². The van der Waals surface area contributed by atoms with Crippen LogP contribution in [-0.2, 0) is 86.4 Å². The summed E-state index contributed by atoms with van der Waals surface area (Å²) in [6.45, 7) is 20.2. The predicted molar refractivity (Wildman–Crippen MR) is 568 cm³/mol. The van der Waals surface area contributed by atoms with Gasteiger partial charge in [-0.25, -0.2) is 44.4 Å². The maximum atomic E-state index is 13.6. The fourth-order valence-electron chi connectivity index (χ4n) is 25.9. The van der Waals surface area contributed by atoms with Gasteiger partial charge in [-0.2, -0.15) is 0 Å². The molecule has 3 saturated carbocycles. The highest BCUT2D eigenvalue weighted by Crippen LogP contribution is 2.55. The van der Waals surface area contributed by atoms with Crippen LogP contribution in [0.1, 0.15) is 202 Å². The molecule has 3 spiro atoms. The molecule has 3 amide bonds. The van der Waals surface area contributed by atoms with Crippen LogP contribution >= 0.6 is 34.8 Å². The first-order valence-corrected chi connectivity index (χ1v) is 58.5. The van der Waals surface area contributed by atoms with Crippen LogP contribution in [0.25, 0.3) is 0 Å². The SMILES string of the molecule is C[C@@H]1[C@@H](C)C/C=C/[C@@](O)(C=O)[C@@H]2CC[C@H]2CN2C[C@@]3(CCCc4cc(Cl)ccc43)COc3ccc(cc32)C(=O)NS1(=O)=O.C[C@@H]1[C@@H](C)C/C=C/[C@@](O)(CN2CCOC[C@@H]2CO)[C@@H]2CC[C@H]2CN2C[C@@]3(CCCc4cc(Cl)ccc43)COc3ccc(cc32)C(=O)NS1(=O)=O.C[C@@H]1[C@@H](C)C/C=C/[C@@](O)(CN2CCOC[C@@H]2Cn2ccnc2)[C@@H]2CC[C@H]2CN2C[C@@]3(CCCc4cc(Cl)ccc43)COc3ccc(cc32)C(=O)NS1(=O)=O. The quantitative estimate of drug-likeness (QED) is 0.0549. The number of nitrogens with one attached hydrogen (secondary N) is 3. The standard InChI is InChI=1S/C41H52ClN5O6S.C38H50ClN3O7S.C33H39ClN2O6S/c1-28-5-3-14-41(49,25-46-17-18-52-23-34(46)22-45-16-15-43-27-45)36-10-7-32(36)21-47-24-40(13-4-6-30-19-33(42)9-11-35(30)40)26-53-38-12-8-31(20-37(38)47)39(48)44-54(50,51)29(28)2;1-25-5-3-14-38(45,23-41-15-16-48-21-31(41)20-43)33-10-7-29(33)19-42-22-37(13-4-6-27-17-30(39)9-11-32(27)37)24-49-35-12-8-28(18-34(35)42)36(44)40-50(46,47)26(25)2;1-21-5-3-14-33(39,19-37)28-10-7-25(28)17-36-18-32(13-4-6-23-15-26(34)9-11-27(23)32)20-42-30-12-8-24(16-29(30)36)31(38)35-43(40,41)22(21)2/h3,8-9,11-12,14-16,19-20,27-29,32,34,36,49H,4-7,10,13,17-18,21-26H2,1-2H3,(H,44,48);3,8-9,11-12,14,17-18,25-26,29,31,33,43,45H,4-7,10,13,15-16,19-24H2,1-2H3,(H,40,44);3,8-9,11-12,14-16,19,21-22,25,28,39H,4-7,10,13,17-18,20H2,1-2H3,(H,35,38)/b3*14-3+/t28-,29+,32-,34-,36+,40-,41+;25-,26+,29-,31-,33+,37-,38+;21-,22+,25-,28+,32-,33+/m000/s1. The third-order valence-corrected chi connectivity index (χ3v) is 42.1. The van der Waals surface area contributed by atoms with Crippen molar-refractivity contribution < 1.29 is 88.5 Å². The first-order valence-electron chi connectivity index (χ1n) is 52.8. The molecule has 8 aliphatic heterocycles. The minimum Gasteiger partial charge on any atom is -0.490 e. The third kappa shape index (κ3) is 22.1. The Balaban J connectivity index is 0.000000140. The molecule has 6 aromatic carbocycles. The number of β-amino-alcohol motifs (C(OH)–C–C–N with tert-alkyl or cyclic N) is 2. The van der Waals surface area contributed by atoms with E-state index in [0.29, 0.717) is 183 Å². The van der Waals surface area contributed by atoms with Crippen molar-refractivity contribution in [3.63, 3.8) is 0 Å². The topological polar surface area (TPSA) is 368 Å². The lowest BCUT2D eigenvalue weighted by molar-refractivity contribution is -0.130. The lowest BCUT2D eigenvalue weighted by Crippen LogP contribution is -2.59. The van der Waals surface area contributed by atoms with Crippen LogP contribution in [0.2, 0.25) is 15.1 Å². The van der Waals surface area contributed by atoms with Gasteiger partial charge < -0.3 is 63.4 Å². The van der Waals surface area contributed by atoms with Crippen molar-refractivity contribution in [1.82, 2.24) is 33.5 Å². The molecule has 21 rings (SSSR count). The summed E-state index contributed by atoms with van der Waals surface area (Å²) in [6, 6.07) is 33.7. The zero-order valence-electron chi connectivity index (χ0n) is 84.8. The van der Waals surface area contributed by atoms with Crippen LogP contribution in [0.5, 0.6) is 17.2 Å². The average molecular weight is 2130 g/mol. The largest absolute Gasteiger partial charge is 0.490 e. The molecular weight excluding hydrogens is 1990 g/mol. The Labute approximate surface area is 879 Å². The van der Waals surface area contributed by atoms with Crippen molar-refractivity contribution in [3.8, 4) is 17.2 Å². The number of anilines is 3. The van der Waals surface area contributed by atoms with Crippen LogP contribution in [0, 0.1) is 53.3 Å². The number of rotatable bonds is 8. The molecule has 792 valence electrons. The molecule has 1 aromatic heterocycles. The van der Waals surface area contributed by atoms with Crippen LogP contribution in [0.15, 0.2) is 164 Å². The number of aliphatic hydroxyl groups excluding tert-OH is 1. The Bertz CT molecular complexity index is 6520. The monoisotopic (exact) mass is 2130 g/mol. The van der Waals surface area contributed by atoms with Crippen molar-refractivity contribution in [1.29, 1.82) is 0 Å². The highest BCUT2D eigenvalue weighted by Gasteiger charge is 2.55. The number of sulfonamides is 3. The molecule has 35 heteroatoms. The van der Waals surface area contributed by atoms with E-state index in [2.05, 4.69) is 78.5 Å². The summed E-state index contributed by atoms with van der Waals surface area (Å²) in [7, 11) is -12.0. The number of nitrogens with zero attached hydrogens (tertiary/aromatic N) is 7. The second-order valence-electron chi connectivity index (χ2n) is 44.9. The zero-order valence-corrected chi connectivity index (χ0v) is 89.5. The number of ether oxygens (including phenoxy) is 5. The Hall–Kier alpha value is -8.97.